The average molecular weight is 294 g/mol. The zero-order valence-corrected chi connectivity index (χ0v) is 11.6. The van der Waals surface area contributed by atoms with Gasteiger partial charge >= 0.3 is 0 Å². The molecule has 0 atom stereocenters. The number of anilines is 3. The predicted molar refractivity (Wildman–Crippen MR) is 83.8 cm³/mol. The zero-order valence-electron chi connectivity index (χ0n) is 11.6. The van der Waals surface area contributed by atoms with Gasteiger partial charge in [-0.25, -0.2) is 4.98 Å². The monoisotopic (exact) mass is 294 g/mol. The van der Waals surface area contributed by atoms with Gasteiger partial charge in [0.25, 0.3) is 0 Å². The highest BCUT2D eigenvalue weighted by atomic mass is 16.5. The SMILES string of the molecule is Nc1cc(Cc2cc(-c3ccccc3)no2)c2c(n1)NNN2. The van der Waals surface area contributed by atoms with E-state index in [1.807, 2.05) is 42.5 Å². The lowest BCUT2D eigenvalue weighted by Gasteiger charge is -2.05. The van der Waals surface area contributed by atoms with E-state index in [4.69, 9.17) is 10.3 Å². The number of hydrogen-bond acceptors (Lipinski definition) is 7. The molecule has 110 valence electrons. The van der Waals surface area contributed by atoms with Gasteiger partial charge in [-0.3, -0.25) is 5.43 Å². The van der Waals surface area contributed by atoms with Crippen LogP contribution in [-0.2, 0) is 6.42 Å². The summed E-state index contributed by atoms with van der Waals surface area (Å²) in [4.78, 5) is 4.20. The molecule has 1 aliphatic heterocycles. The van der Waals surface area contributed by atoms with Crippen LogP contribution in [0.4, 0.5) is 17.3 Å². The first-order chi connectivity index (χ1) is 10.8. The summed E-state index contributed by atoms with van der Waals surface area (Å²) in [5.74, 6) is 1.90. The van der Waals surface area contributed by atoms with E-state index in [0.29, 0.717) is 18.1 Å². The second kappa shape index (κ2) is 5.05. The lowest BCUT2D eigenvalue weighted by molar-refractivity contribution is 0.392. The molecule has 3 aromatic rings. The fourth-order valence-corrected chi connectivity index (χ4v) is 2.47. The van der Waals surface area contributed by atoms with Gasteiger partial charge in [0.1, 0.15) is 17.3 Å². The fraction of sp³-hybridized carbons (Fsp3) is 0.0667. The van der Waals surface area contributed by atoms with Gasteiger partial charge in [0.15, 0.2) is 5.82 Å². The van der Waals surface area contributed by atoms with Crippen LogP contribution in [0.1, 0.15) is 11.3 Å². The quantitative estimate of drug-likeness (QED) is 0.587. The smallest absolute Gasteiger partial charge is 0.169 e. The largest absolute Gasteiger partial charge is 0.384 e. The molecule has 5 N–H and O–H groups in total. The maximum Gasteiger partial charge on any atom is 0.169 e. The third-order valence-corrected chi connectivity index (χ3v) is 3.48. The highest BCUT2D eigenvalue weighted by molar-refractivity contribution is 5.74. The van der Waals surface area contributed by atoms with E-state index in [1.165, 1.54) is 0 Å². The molecule has 0 unspecified atom stereocenters. The molecular formula is C15H14N6O. The minimum absolute atomic E-state index is 0.453. The molecule has 0 spiro atoms. The standard InChI is InChI=1S/C15H14N6O/c16-13-7-10(14-15(17-13)19-21-18-14)6-11-8-12(20-22-11)9-4-2-1-3-5-9/h1-5,7-8,18,21H,6H2,(H3,16,17,19). The number of nitrogens with two attached hydrogens (primary N) is 1. The summed E-state index contributed by atoms with van der Waals surface area (Å²) in [5, 5.41) is 4.13. The Bertz CT molecular complexity index is 814. The lowest BCUT2D eigenvalue weighted by Crippen LogP contribution is -2.19. The van der Waals surface area contributed by atoms with Gasteiger partial charge in [-0.2, -0.15) is 0 Å². The number of nitrogens with zero attached hydrogens (tertiary/aromatic N) is 2. The molecule has 3 heterocycles. The predicted octanol–water partition coefficient (Wildman–Crippen LogP) is 2.17. The average Bonchev–Trinajstić information content (AvgIpc) is 3.17. The molecule has 1 aromatic carbocycles. The molecule has 0 radical (unpaired) electrons. The number of rotatable bonds is 3. The molecule has 1 aliphatic rings. The van der Waals surface area contributed by atoms with Crippen LogP contribution in [-0.4, -0.2) is 10.1 Å². The number of pyridine rings is 1. The van der Waals surface area contributed by atoms with Crippen LogP contribution in [0.25, 0.3) is 11.3 Å². The summed E-state index contributed by atoms with van der Waals surface area (Å²) in [5.41, 5.74) is 18.2. The van der Waals surface area contributed by atoms with Crippen molar-refractivity contribution >= 4 is 17.3 Å². The number of benzene rings is 1. The Kier molecular flexibility index (Phi) is 2.90. The van der Waals surface area contributed by atoms with Crippen LogP contribution in [0.2, 0.25) is 0 Å². The molecule has 7 heteroatoms. The van der Waals surface area contributed by atoms with E-state index >= 15 is 0 Å². The summed E-state index contributed by atoms with van der Waals surface area (Å²) < 4.78 is 5.44. The highest BCUT2D eigenvalue weighted by Gasteiger charge is 2.18. The molecule has 7 nitrogen and oxygen atoms in total. The number of fused-ring (bicyclic) bond motifs is 1. The van der Waals surface area contributed by atoms with Crippen LogP contribution >= 0.6 is 0 Å². The molecule has 0 aliphatic carbocycles. The number of hydrazine groups is 2. The summed E-state index contributed by atoms with van der Waals surface area (Å²) >= 11 is 0. The molecule has 0 fully saturated rings. The van der Waals surface area contributed by atoms with Crippen LogP contribution in [0.3, 0.4) is 0 Å². The maximum absolute atomic E-state index is 5.83. The topological polar surface area (TPSA) is 101 Å². The second-order valence-electron chi connectivity index (χ2n) is 5.03. The molecule has 0 bridgehead atoms. The minimum Gasteiger partial charge on any atom is -0.384 e. The van der Waals surface area contributed by atoms with E-state index in [2.05, 4.69) is 26.5 Å². The van der Waals surface area contributed by atoms with E-state index < -0.39 is 0 Å². The lowest BCUT2D eigenvalue weighted by atomic mass is 10.1. The summed E-state index contributed by atoms with van der Waals surface area (Å²) in [6.07, 6.45) is 0.575. The van der Waals surface area contributed by atoms with E-state index in [0.717, 1.165) is 28.3 Å². The van der Waals surface area contributed by atoms with Gasteiger partial charge in [-0.05, 0) is 11.6 Å². The van der Waals surface area contributed by atoms with Crippen LogP contribution < -0.4 is 22.1 Å². The summed E-state index contributed by atoms with van der Waals surface area (Å²) in [6.45, 7) is 0. The maximum atomic E-state index is 5.83. The Hall–Kier alpha value is -3.06. The Balaban J connectivity index is 1.64. The van der Waals surface area contributed by atoms with Gasteiger partial charge in [0, 0.05) is 18.1 Å². The van der Waals surface area contributed by atoms with Crippen LogP contribution in [0.15, 0.2) is 47.0 Å². The molecule has 2 aromatic heterocycles. The van der Waals surface area contributed by atoms with Crippen molar-refractivity contribution < 1.29 is 4.52 Å². The van der Waals surface area contributed by atoms with Crippen LogP contribution in [0, 0.1) is 0 Å². The number of aromatic nitrogens is 2. The third-order valence-electron chi connectivity index (χ3n) is 3.48. The van der Waals surface area contributed by atoms with Crippen LogP contribution in [0.5, 0.6) is 0 Å². The van der Waals surface area contributed by atoms with Crippen molar-refractivity contribution in [1.82, 2.24) is 15.7 Å². The van der Waals surface area contributed by atoms with Crippen molar-refractivity contribution in [2.75, 3.05) is 16.6 Å². The first kappa shape index (κ1) is 12.7. The molecule has 4 rings (SSSR count). The number of nitrogen functional groups attached to an aromatic ring is 1. The molecule has 0 saturated carbocycles. The number of nitrogens with one attached hydrogen (secondary N) is 3. The molecule has 0 amide bonds. The third kappa shape index (κ3) is 2.23. The van der Waals surface area contributed by atoms with E-state index in [9.17, 15) is 0 Å². The van der Waals surface area contributed by atoms with Crippen molar-refractivity contribution in [3.05, 3.63) is 53.8 Å². The van der Waals surface area contributed by atoms with Gasteiger partial charge in [-0.15, -0.1) is 5.53 Å². The van der Waals surface area contributed by atoms with Crippen molar-refractivity contribution in [3.8, 4) is 11.3 Å². The first-order valence-corrected chi connectivity index (χ1v) is 6.87. The Morgan fingerprint density at radius 1 is 1.09 bits per heavy atom. The Labute approximate surface area is 126 Å². The van der Waals surface area contributed by atoms with Gasteiger partial charge < -0.3 is 15.7 Å². The minimum atomic E-state index is 0.453. The van der Waals surface area contributed by atoms with Gasteiger partial charge in [0.05, 0.1) is 5.69 Å². The fourth-order valence-electron chi connectivity index (χ4n) is 2.47. The number of hydrogen-bond donors (Lipinski definition) is 4. The van der Waals surface area contributed by atoms with Crippen molar-refractivity contribution in [1.29, 1.82) is 0 Å². The van der Waals surface area contributed by atoms with Crippen molar-refractivity contribution in [3.63, 3.8) is 0 Å². The van der Waals surface area contributed by atoms with Gasteiger partial charge in [0.2, 0.25) is 0 Å². The first-order valence-electron chi connectivity index (χ1n) is 6.87. The van der Waals surface area contributed by atoms with Crippen molar-refractivity contribution in [2.45, 2.75) is 6.42 Å². The van der Waals surface area contributed by atoms with E-state index in [1.54, 1.807) is 0 Å². The summed E-state index contributed by atoms with van der Waals surface area (Å²) in [7, 11) is 0. The van der Waals surface area contributed by atoms with E-state index in [-0.39, 0.29) is 0 Å². The molecule has 22 heavy (non-hydrogen) atoms. The Morgan fingerprint density at radius 3 is 2.82 bits per heavy atom. The van der Waals surface area contributed by atoms with Crippen molar-refractivity contribution in [2.24, 2.45) is 0 Å². The Morgan fingerprint density at radius 2 is 1.95 bits per heavy atom. The summed E-state index contributed by atoms with van der Waals surface area (Å²) in [6, 6.07) is 13.7. The normalized spacial score (nSPS) is 12.5. The highest BCUT2D eigenvalue weighted by Crippen LogP contribution is 2.30. The second-order valence-corrected chi connectivity index (χ2v) is 5.03. The molecular weight excluding hydrogens is 280 g/mol. The zero-order chi connectivity index (χ0) is 14.9. The van der Waals surface area contributed by atoms with Gasteiger partial charge in [-0.1, -0.05) is 35.5 Å². The molecule has 0 saturated heterocycles.